The van der Waals surface area contributed by atoms with E-state index in [1.165, 1.54) is 12.8 Å². The van der Waals surface area contributed by atoms with Gasteiger partial charge in [-0.3, -0.25) is 0 Å². The summed E-state index contributed by atoms with van der Waals surface area (Å²) >= 11 is 0. The quantitative estimate of drug-likeness (QED) is 0.446. The molecule has 1 N–H and O–H groups in total. The molecule has 1 heteroatoms. The van der Waals surface area contributed by atoms with Crippen LogP contribution in [-0.2, 0) is 0 Å². The number of unbranched alkanes of at least 4 members (excludes halogenated alkanes) is 2. The lowest BCUT2D eigenvalue weighted by molar-refractivity contribution is 0.164. The van der Waals surface area contributed by atoms with Gasteiger partial charge in [-0.1, -0.05) is 32.3 Å². The monoisotopic (exact) mass is 142 g/mol. The number of rotatable bonds is 6. The Hall–Kier alpha value is -0.300. The summed E-state index contributed by atoms with van der Waals surface area (Å²) in [6, 6.07) is 0. The molecular weight excluding hydrogens is 124 g/mol. The van der Waals surface area contributed by atoms with Gasteiger partial charge >= 0.3 is 0 Å². The third kappa shape index (κ3) is 5.83. The molecule has 0 aromatic rings. The van der Waals surface area contributed by atoms with Crippen molar-refractivity contribution in [3.05, 3.63) is 12.7 Å². The van der Waals surface area contributed by atoms with E-state index in [1.54, 1.807) is 6.08 Å². The molecule has 0 aliphatic carbocycles. The molecular formula is C9H18O. The van der Waals surface area contributed by atoms with Crippen LogP contribution in [-0.4, -0.2) is 11.2 Å². The highest BCUT2D eigenvalue weighted by atomic mass is 16.3. The predicted molar refractivity (Wildman–Crippen MR) is 45.0 cm³/mol. The van der Waals surface area contributed by atoms with Gasteiger partial charge in [-0.2, -0.15) is 0 Å². The van der Waals surface area contributed by atoms with Crippen LogP contribution in [0, 0.1) is 0 Å². The van der Waals surface area contributed by atoms with Crippen LogP contribution >= 0.6 is 0 Å². The van der Waals surface area contributed by atoms with E-state index in [9.17, 15) is 5.11 Å². The molecule has 0 fully saturated rings. The zero-order valence-corrected chi connectivity index (χ0v) is 6.84. The van der Waals surface area contributed by atoms with Crippen LogP contribution in [0.3, 0.4) is 0 Å². The summed E-state index contributed by atoms with van der Waals surface area (Å²) in [5.41, 5.74) is 0. The van der Waals surface area contributed by atoms with Crippen LogP contribution in [0.25, 0.3) is 0 Å². The minimum absolute atomic E-state index is 0.149. The van der Waals surface area contributed by atoms with Gasteiger partial charge in [-0.15, -0.1) is 6.58 Å². The third-order valence-electron chi connectivity index (χ3n) is 1.58. The zero-order valence-electron chi connectivity index (χ0n) is 6.84. The van der Waals surface area contributed by atoms with Crippen molar-refractivity contribution in [2.45, 2.75) is 45.1 Å². The largest absolute Gasteiger partial charge is 0.393 e. The molecule has 1 unspecified atom stereocenters. The second kappa shape index (κ2) is 6.81. The third-order valence-corrected chi connectivity index (χ3v) is 1.58. The Balaban J connectivity index is 3.04. The Kier molecular flexibility index (Phi) is 6.61. The highest BCUT2D eigenvalue weighted by Crippen LogP contribution is 2.05. The average molecular weight is 142 g/mol. The van der Waals surface area contributed by atoms with Gasteiger partial charge in [0, 0.05) is 0 Å². The molecule has 0 saturated carbocycles. The fourth-order valence-corrected chi connectivity index (χ4v) is 0.940. The van der Waals surface area contributed by atoms with Gasteiger partial charge in [-0.05, 0) is 12.8 Å². The van der Waals surface area contributed by atoms with E-state index < -0.39 is 0 Å². The molecule has 0 rings (SSSR count). The highest BCUT2D eigenvalue weighted by molar-refractivity contribution is 4.71. The minimum Gasteiger partial charge on any atom is -0.393 e. The normalized spacial score (nSPS) is 13.0. The molecule has 0 saturated heterocycles. The van der Waals surface area contributed by atoms with Gasteiger partial charge in [0.25, 0.3) is 0 Å². The second-order valence-electron chi connectivity index (χ2n) is 2.67. The Labute approximate surface area is 63.8 Å². The number of aliphatic hydroxyl groups is 1. The van der Waals surface area contributed by atoms with Crippen molar-refractivity contribution in [1.29, 1.82) is 0 Å². The molecule has 0 radical (unpaired) electrons. The van der Waals surface area contributed by atoms with E-state index >= 15 is 0 Å². The van der Waals surface area contributed by atoms with E-state index in [-0.39, 0.29) is 6.10 Å². The maximum Gasteiger partial charge on any atom is 0.0574 e. The van der Waals surface area contributed by atoms with Crippen molar-refractivity contribution in [3.8, 4) is 0 Å². The summed E-state index contributed by atoms with van der Waals surface area (Å²) in [5.74, 6) is 0. The van der Waals surface area contributed by atoms with Crippen molar-refractivity contribution in [1.82, 2.24) is 0 Å². The van der Waals surface area contributed by atoms with Crippen LogP contribution in [0.1, 0.15) is 39.0 Å². The molecule has 0 aliphatic heterocycles. The molecule has 0 amide bonds. The Morgan fingerprint density at radius 2 is 2.20 bits per heavy atom. The van der Waals surface area contributed by atoms with E-state index in [4.69, 9.17) is 0 Å². The Bertz CT molecular complexity index is 78.8. The van der Waals surface area contributed by atoms with Crippen LogP contribution in [0.2, 0.25) is 0 Å². The molecule has 0 aliphatic rings. The van der Waals surface area contributed by atoms with Crippen LogP contribution < -0.4 is 0 Å². The highest BCUT2D eigenvalue weighted by Gasteiger charge is 1.98. The van der Waals surface area contributed by atoms with Crippen molar-refractivity contribution in [3.63, 3.8) is 0 Å². The summed E-state index contributed by atoms with van der Waals surface area (Å²) in [6.45, 7) is 5.74. The fourth-order valence-electron chi connectivity index (χ4n) is 0.940. The first-order valence-electron chi connectivity index (χ1n) is 4.10. The van der Waals surface area contributed by atoms with E-state index in [0.717, 1.165) is 19.3 Å². The molecule has 0 bridgehead atoms. The van der Waals surface area contributed by atoms with Gasteiger partial charge < -0.3 is 5.11 Å². The molecule has 0 spiro atoms. The molecule has 0 heterocycles. The summed E-state index contributed by atoms with van der Waals surface area (Å²) in [5, 5.41) is 9.20. The lowest BCUT2D eigenvalue weighted by Gasteiger charge is -2.05. The van der Waals surface area contributed by atoms with Crippen molar-refractivity contribution < 1.29 is 5.11 Å². The molecule has 1 nitrogen and oxygen atoms in total. The van der Waals surface area contributed by atoms with Gasteiger partial charge in [0.2, 0.25) is 0 Å². The SMILES string of the molecule is C=CCC(O)CCCCC. The lowest BCUT2D eigenvalue weighted by Crippen LogP contribution is -2.03. The number of aliphatic hydroxyl groups excluding tert-OH is 1. The van der Waals surface area contributed by atoms with Gasteiger partial charge in [0.1, 0.15) is 0 Å². The van der Waals surface area contributed by atoms with Crippen LogP contribution in [0.5, 0.6) is 0 Å². The number of hydrogen-bond donors (Lipinski definition) is 1. The Morgan fingerprint density at radius 3 is 2.70 bits per heavy atom. The van der Waals surface area contributed by atoms with Gasteiger partial charge in [-0.25, -0.2) is 0 Å². The summed E-state index contributed by atoms with van der Waals surface area (Å²) in [7, 11) is 0. The zero-order chi connectivity index (χ0) is 7.82. The maximum absolute atomic E-state index is 9.20. The summed E-state index contributed by atoms with van der Waals surface area (Å²) in [4.78, 5) is 0. The molecule has 1 atom stereocenters. The first-order chi connectivity index (χ1) is 4.81. The maximum atomic E-state index is 9.20. The first kappa shape index (κ1) is 9.70. The molecule has 0 aromatic carbocycles. The summed E-state index contributed by atoms with van der Waals surface area (Å²) in [6.07, 6.45) is 6.89. The van der Waals surface area contributed by atoms with E-state index in [0.29, 0.717) is 0 Å². The molecule has 10 heavy (non-hydrogen) atoms. The standard InChI is InChI=1S/C9H18O/c1-3-5-6-8-9(10)7-4-2/h4,9-10H,2-3,5-8H2,1H3. The van der Waals surface area contributed by atoms with E-state index in [1.807, 2.05) is 0 Å². The lowest BCUT2D eigenvalue weighted by atomic mass is 10.1. The Morgan fingerprint density at radius 1 is 1.50 bits per heavy atom. The average Bonchev–Trinajstić information content (AvgIpc) is 1.89. The van der Waals surface area contributed by atoms with Gasteiger partial charge in [0.05, 0.1) is 6.10 Å². The second-order valence-corrected chi connectivity index (χ2v) is 2.67. The minimum atomic E-state index is -0.149. The van der Waals surface area contributed by atoms with Crippen molar-refractivity contribution in [2.75, 3.05) is 0 Å². The van der Waals surface area contributed by atoms with Crippen molar-refractivity contribution in [2.24, 2.45) is 0 Å². The first-order valence-corrected chi connectivity index (χ1v) is 4.10. The predicted octanol–water partition coefficient (Wildman–Crippen LogP) is 2.50. The molecule has 60 valence electrons. The topological polar surface area (TPSA) is 20.2 Å². The van der Waals surface area contributed by atoms with Crippen LogP contribution in [0.15, 0.2) is 12.7 Å². The number of hydrogen-bond acceptors (Lipinski definition) is 1. The van der Waals surface area contributed by atoms with Gasteiger partial charge in [0.15, 0.2) is 0 Å². The van der Waals surface area contributed by atoms with Crippen LogP contribution in [0.4, 0.5) is 0 Å². The molecule has 0 aromatic heterocycles. The smallest absolute Gasteiger partial charge is 0.0574 e. The van der Waals surface area contributed by atoms with Crippen molar-refractivity contribution >= 4 is 0 Å². The van der Waals surface area contributed by atoms with E-state index in [2.05, 4.69) is 13.5 Å². The fraction of sp³-hybridized carbons (Fsp3) is 0.778. The summed E-state index contributed by atoms with van der Waals surface area (Å²) < 4.78 is 0.